The van der Waals surface area contributed by atoms with Gasteiger partial charge in [0.25, 0.3) is 0 Å². The lowest BCUT2D eigenvalue weighted by molar-refractivity contribution is 0.0315. The number of hydrogen-bond donors (Lipinski definition) is 1. The second kappa shape index (κ2) is 4.30. The fraction of sp³-hybridized carbons (Fsp3) is 0.643. The van der Waals surface area contributed by atoms with E-state index in [4.69, 9.17) is 4.98 Å². The van der Waals surface area contributed by atoms with Crippen molar-refractivity contribution in [3.8, 4) is 0 Å². The summed E-state index contributed by atoms with van der Waals surface area (Å²) in [5.41, 5.74) is 1.51. The van der Waals surface area contributed by atoms with E-state index in [0.29, 0.717) is 0 Å². The van der Waals surface area contributed by atoms with Gasteiger partial charge in [-0.1, -0.05) is 0 Å². The maximum absolute atomic E-state index is 4.70. The van der Waals surface area contributed by atoms with Crippen molar-refractivity contribution in [2.45, 2.75) is 45.3 Å². The molecule has 2 aromatic heterocycles. The lowest BCUT2D eigenvalue weighted by Crippen LogP contribution is -2.65. The largest absolute Gasteiger partial charge is 0.309 e. The Balaban J connectivity index is 1.82. The fourth-order valence-corrected chi connectivity index (χ4v) is 3.35. The summed E-state index contributed by atoms with van der Waals surface area (Å²) in [6, 6.07) is 0. The first-order valence-electron chi connectivity index (χ1n) is 6.77. The first-order valence-corrected chi connectivity index (χ1v) is 7.65. The van der Waals surface area contributed by atoms with E-state index in [1.54, 1.807) is 11.3 Å². The topological polar surface area (TPSA) is 32.6 Å². The van der Waals surface area contributed by atoms with Crippen LogP contribution in [0.2, 0.25) is 0 Å². The van der Waals surface area contributed by atoms with E-state index >= 15 is 0 Å². The Labute approximate surface area is 118 Å². The van der Waals surface area contributed by atoms with Crippen LogP contribution >= 0.6 is 11.3 Å². The normalized spacial score (nSPS) is 22.9. The Kier molecular flexibility index (Phi) is 2.96. The van der Waals surface area contributed by atoms with Crippen LogP contribution in [0, 0.1) is 0 Å². The summed E-state index contributed by atoms with van der Waals surface area (Å²) in [5.74, 6) is 0. The lowest BCUT2D eigenvalue weighted by Gasteiger charge is -2.49. The number of nitrogens with one attached hydrogen (secondary N) is 1. The number of fused-ring (bicyclic) bond motifs is 1. The van der Waals surface area contributed by atoms with E-state index < -0.39 is 0 Å². The Bertz CT molecular complexity index is 553. The molecule has 4 nitrogen and oxygen atoms in total. The van der Waals surface area contributed by atoms with Crippen molar-refractivity contribution in [3.63, 3.8) is 0 Å². The zero-order valence-electron chi connectivity index (χ0n) is 12.1. The van der Waals surface area contributed by atoms with Gasteiger partial charge in [-0.05, 0) is 27.7 Å². The van der Waals surface area contributed by atoms with Gasteiger partial charge >= 0.3 is 0 Å². The number of nitrogens with zero attached hydrogens (tertiary/aromatic N) is 3. The van der Waals surface area contributed by atoms with Gasteiger partial charge in [0, 0.05) is 48.5 Å². The molecule has 1 aliphatic rings. The molecule has 1 N–H and O–H groups in total. The minimum absolute atomic E-state index is 0.173. The standard InChI is InChI=1S/C14H22N4S/c1-13(2)10-18(14(3,4)9-15-13)8-11-7-17-5-6-19-12(17)16-11/h5-7,15H,8-10H2,1-4H3. The summed E-state index contributed by atoms with van der Waals surface area (Å²) in [6.07, 6.45) is 4.22. The smallest absolute Gasteiger partial charge is 0.193 e. The number of thiazole rings is 1. The van der Waals surface area contributed by atoms with Gasteiger partial charge in [-0.15, -0.1) is 11.3 Å². The molecule has 1 aliphatic heterocycles. The van der Waals surface area contributed by atoms with Gasteiger partial charge in [0.2, 0.25) is 0 Å². The molecule has 0 bridgehead atoms. The highest BCUT2D eigenvalue weighted by Crippen LogP contribution is 2.25. The molecule has 0 radical (unpaired) electrons. The molecule has 1 saturated heterocycles. The zero-order valence-corrected chi connectivity index (χ0v) is 12.9. The van der Waals surface area contributed by atoms with E-state index in [1.165, 1.54) is 0 Å². The highest BCUT2D eigenvalue weighted by Gasteiger charge is 2.37. The number of aromatic nitrogens is 2. The van der Waals surface area contributed by atoms with Crippen LogP contribution in [0.3, 0.4) is 0 Å². The van der Waals surface area contributed by atoms with Crippen LogP contribution in [0.15, 0.2) is 17.8 Å². The second-order valence-corrected chi connectivity index (χ2v) is 7.60. The van der Waals surface area contributed by atoms with Gasteiger partial charge in [0.15, 0.2) is 4.96 Å². The van der Waals surface area contributed by atoms with Crippen LogP contribution in [0.4, 0.5) is 0 Å². The summed E-state index contributed by atoms with van der Waals surface area (Å²) >= 11 is 1.69. The van der Waals surface area contributed by atoms with Crippen molar-refractivity contribution in [3.05, 3.63) is 23.5 Å². The molecule has 104 valence electrons. The summed E-state index contributed by atoms with van der Waals surface area (Å²) in [5, 5.41) is 5.69. The molecule has 0 amide bonds. The molecule has 2 aromatic rings. The number of piperazine rings is 1. The molecule has 0 unspecified atom stereocenters. The predicted octanol–water partition coefficient (Wildman–Crippen LogP) is 2.36. The van der Waals surface area contributed by atoms with Crippen LogP contribution in [-0.4, -0.2) is 38.5 Å². The molecular weight excluding hydrogens is 256 g/mol. The maximum atomic E-state index is 4.70. The molecule has 0 spiro atoms. The highest BCUT2D eigenvalue weighted by molar-refractivity contribution is 7.15. The molecule has 0 atom stereocenters. The third kappa shape index (κ3) is 2.55. The number of rotatable bonds is 2. The predicted molar refractivity (Wildman–Crippen MR) is 79.6 cm³/mol. The molecular formula is C14H22N4S. The van der Waals surface area contributed by atoms with Crippen molar-refractivity contribution in [1.82, 2.24) is 19.6 Å². The molecule has 5 heteroatoms. The fourth-order valence-electron chi connectivity index (χ4n) is 2.63. The Hall–Kier alpha value is -0.910. The van der Waals surface area contributed by atoms with Crippen LogP contribution in [0.1, 0.15) is 33.4 Å². The lowest BCUT2D eigenvalue weighted by atomic mass is 9.91. The van der Waals surface area contributed by atoms with Crippen molar-refractivity contribution >= 4 is 16.3 Å². The second-order valence-electron chi connectivity index (χ2n) is 6.73. The highest BCUT2D eigenvalue weighted by atomic mass is 32.1. The van der Waals surface area contributed by atoms with Crippen LogP contribution < -0.4 is 5.32 Å². The van der Waals surface area contributed by atoms with Gasteiger partial charge in [-0.3, -0.25) is 9.30 Å². The van der Waals surface area contributed by atoms with Crippen molar-refractivity contribution in [2.24, 2.45) is 0 Å². The maximum Gasteiger partial charge on any atom is 0.193 e. The summed E-state index contributed by atoms with van der Waals surface area (Å²) in [7, 11) is 0. The first kappa shape index (κ1) is 13.1. The Morgan fingerprint density at radius 1 is 1.37 bits per heavy atom. The molecule has 19 heavy (non-hydrogen) atoms. The minimum atomic E-state index is 0.173. The molecule has 0 aromatic carbocycles. The van der Waals surface area contributed by atoms with Crippen LogP contribution in [-0.2, 0) is 6.54 Å². The van der Waals surface area contributed by atoms with Crippen molar-refractivity contribution < 1.29 is 0 Å². The zero-order chi connectivity index (χ0) is 13.7. The van der Waals surface area contributed by atoms with Gasteiger partial charge < -0.3 is 5.32 Å². The van der Waals surface area contributed by atoms with E-state index in [1.807, 2.05) is 0 Å². The SMILES string of the molecule is CC1(C)CN(Cc2cn3ccsc3n2)C(C)(C)CN1. The van der Waals surface area contributed by atoms with E-state index in [-0.39, 0.29) is 11.1 Å². The van der Waals surface area contributed by atoms with E-state index in [9.17, 15) is 0 Å². The third-order valence-corrected chi connectivity index (χ3v) is 4.71. The summed E-state index contributed by atoms with van der Waals surface area (Å²) in [4.78, 5) is 8.32. The Morgan fingerprint density at radius 3 is 2.89 bits per heavy atom. The Morgan fingerprint density at radius 2 is 2.16 bits per heavy atom. The van der Waals surface area contributed by atoms with Crippen molar-refractivity contribution in [2.75, 3.05) is 13.1 Å². The van der Waals surface area contributed by atoms with Crippen LogP contribution in [0.5, 0.6) is 0 Å². The molecule has 3 heterocycles. The molecule has 0 saturated carbocycles. The van der Waals surface area contributed by atoms with Gasteiger partial charge in [0.1, 0.15) is 0 Å². The summed E-state index contributed by atoms with van der Waals surface area (Å²) in [6.45, 7) is 12.1. The molecule has 1 fully saturated rings. The van der Waals surface area contributed by atoms with E-state index in [2.05, 4.69) is 60.1 Å². The first-order chi connectivity index (χ1) is 8.86. The van der Waals surface area contributed by atoms with Crippen LogP contribution in [0.25, 0.3) is 4.96 Å². The van der Waals surface area contributed by atoms with Crippen molar-refractivity contribution in [1.29, 1.82) is 0 Å². The quantitative estimate of drug-likeness (QED) is 0.915. The van der Waals surface area contributed by atoms with E-state index in [0.717, 1.165) is 30.3 Å². The van der Waals surface area contributed by atoms with Gasteiger partial charge in [0.05, 0.1) is 5.69 Å². The number of hydrogen-bond acceptors (Lipinski definition) is 4. The molecule has 0 aliphatic carbocycles. The number of imidazole rings is 1. The molecule has 3 rings (SSSR count). The van der Waals surface area contributed by atoms with Gasteiger partial charge in [-0.25, -0.2) is 4.98 Å². The minimum Gasteiger partial charge on any atom is -0.309 e. The third-order valence-electron chi connectivity index (χ3n) is 3.94. The van der Waals surface area contributed by atoms with Gasteiger partial charge in [-0.2, -0.15) is 0 Å². The summed E-state index contributed by atoms with van der Waals surface area (Å²) < 4.78 is 2.11. The average molecular weight is 278 g/mol. The average Bonchev–Trinajstić information content (AvgIpc) is 2.84. The monoisotopic (exact) mass is 278 g/mol.